The van der Waals surface area contributed by atoms with Crippen LogP contribution in [0.25, 0.3) is 0 Å². The van der Waals surface area contributed by atoms with Gasteiger partial charge in [-0.05, 0) is 49.6 Å². The fourth-order valence-corrected chi connectivity index (χ4v) is 4.63. The first-order valence-electron chi connectivity index (χ1n) is 9.26. The standard InChI is InChI=1S/C21H26ClNO5S/c1-5-16(3)23(20(24)14-27-4)13-17-9-7-10-18(12-17)28-29(25,26)21-15(2)8-6-11-19(21)22/h6-12,16H,5,13-14H2,1-4H3. The molecule has 0 aliphatic carbocycles. The van der Waals surface area contributed by atoms with Crippen molar-refractivity contribution in [2.24, 2.45) is 0 Å². The number of halogens is 1. The van der Waals surface area contributed by atoms with Crippen molar-refractivity contribution in [1.82, 2.24) is 4.90 Å². The Labute approximate surface area is 177 Å². The molecule has 0 saturated carbocycles. The maximum Gasteiger partial charge on any atom is 0.340 e. The maximum atomic E-state index is 12.7. The van der Waals surface area contributed by atoms with Crippen molar-refractivity contribution in [2.75, 3.05) is 13.7 Å². The van der Waals surface area contributed by atoms with Crippen LogP contribution in [0.4, 0.5) is 0 Å². The van der Waals surface area contributed by atoms with Gasteiger partial charge in [-0.2, -0.15) is 8.42 Å². The summed E-state index contributed by atoms with van der Waals surface area (Å²) < 4.78 is 35.8. The van der Waals surface area contributed by atoms with Gasteiger partial charge >= 0.3 is 10.1 Å². The van der Waals surface area contributed by atoms with Gasteiger partial charge in [0.25, 0.3) is 0 Å². The number of nitrogens with zero attached hydrogens (tertiary/aromatic N) is 1. The third kappa shape index (κ3) is 5.95. The molecule has 1 unspecified atom stereocenters. The first-order valence-corrected chi connectivity index (χ1v) is 11.0. The number of benzene rings is 2. The fourth-order valence-electron chi connectivity index (χ4n) is 2.91. The van der Waals surface area contributed by atoms with Crippen LogP contribution in [-0.4, -0.2) is 39.0 Å². The molecular weight excluding hydrogens is 414 g/mol. The number of methoxy groups -OCH3 is 1. The van der Waals surface area contributed by atoms with Gasteiger partial charge in [0.05, 0.1) is 5.02 Å². The molecule has 158 valence electrons. The third-order valence-corrected chi connectivity index (χ3v) is 6.46. The van der Waals surface area contributed by atoms with Crippen LogP contribution in [0, 0.1) is 6.92 Å². The molecule has 0 fully saturated rings. The zero-order chi connectivity index (χ0) is 21.6. The Morgan fingerprint density at radius 1 is 1.21 bits per heavy atom. The van der Waals surface area contributed by atoms with Gasteiger partial charge in [-0.15, -0.1) is 0 Å². The Balaban J connectivity index is 2.28. The summed E-state index contributed by atoms with van der Waals surface area (Å²) in [6, 6.07) is 11.5. The number of ether oxygens (including phenoxy) is 1. The molecule has 8 heteroatoms. The summed E-state index contributed by atoms with van der Waals surface area (Å²) in [4.78, 5) is 14.0. The SMILES string of the molecule is CCC(C)N(Cc1cccc(OS(=O)(=O)c2c(C)cccc2Cl)c1)C(=O)COC. The molecule has 2 rings (SSSR count). The van der Waals surface area contributed by atoms with Crippen molar-refractivity contribution in [3.05, 3.63) is 58.6 Å². The number of rotatable bonds is 9. The van der Waals surface area contributed by atoms with Crippen molar-refractivity contribution < 1.29 is 22.1 Å². The largest absolute Gasteiger partial charge is 0.379 e. The predicted octanol–water partition coefficient (Wildman–Crippen LogP) is 4.19. The molecule has 0 aliphatic heterocycles. The van der Waals surface area contributed by atoms with Crippen LogP contribution in [0.3, 0.4) is 0 Å². The van der Waals surface area contributed by atoms with Gasteiger partial charge in [0.2, 0.25) is 5.91 Å². The quantitative estimate of drug-likeness (QED) is 0.548. The summed E-state index contributed by atoms with van der Waals surface area (Å²) in [5.41, 5.74) is 1.25. The van der Waals surface area contributed by atoms with Crippen LogP contribution < -0.4 is 4.18 Å². The van der Waals surface area contributed by atoms with Gasteiger partial charge in [-0.25, -0.2) is 0 Å². The summed E-state index contributed by atoms with van der Waals surface area (Å²) in [7, 11) is -2.62. The van der Waals surface area contributed by atoms with Gasteiger partial charge < -0.3 is 13.8 Å². The van der Waals surface area contributed by atoms with Crippen LogP contribution in [0.5, 0.6) is 5.75 Å². The molecule has 0 spiro atoms. The molecule has 0 N–H and O–H groups in total. The highest BCUT2D eigenvalue weighted by Crippen LogP contribution is 2.28. The highest BCUT2D eigenvalue weighted by atomic mass is 35.5. The van der Waals surface area contributed by atoms with Crippen LogP contribution in [0.2, 0.25) is 5.02 Å². The second-order valence-electron chi connectivity index (χ2n) is 6.78. The third-order valence-electron chi connectivity index (χ3n) is 4.58. The molecule has 0 radical (unpaired) electrons. The number of aryl methyl sites for hydroxylation is 1. The normalized spacial score (nSPS) is 12.4. The summed E-state index contributed by atoms with van der Waals surface area (Å²) in [6.07, 6.45) is 0.784. The monoisotopic (exact) mass is 439 g/mol. The van der Waals surface area contributed by atoms with Crippen LogP contribution in [0.1, 0.15) is 31.4 Å². The van der Waals surface area contributed by atoms with Crippen LogP contribution in [0.15, 0.2) is 47.4 Å². The minimum atomic E-state index is -4.10. The molecular formula is C21H26ClNO5S. The number of carbonyl (C=O) groups is 1. The average molecular weight is 440 g/mol. The predicted molar refractivity (Wildman–Crippen MR) is 113 cm³/mol. The number of amides is 1. The summed E-state index contributed by atoms with van der Waals surface area (Å²) in [5, 5.41) is 0.106. The van der Waals surface area contributed by atoms with Gasteiger partial charge in [-0.1, -0.05) is 42.8 Å². The van der Waals surface area contributed by atoms with Crippen molar-refractivity contribution in [1.29, 1.82) is 0 Å². The Morgan fingerprint density at radius 2 is 1.90 bits per heavy atom. The molecule has 0 bridgehead atoms. The molecule has 0 aliphatic rings. The highest BCUT2D eigenvalue weighted by molar-refractivity contribution is 7.87. The molecule has 29 heavy (non-hydrogen) atoms. The van der Waals surface area contributed by atoms with E-state index in [1.165, 1.54) is 13.2 Å². The Morgan fingerprint density at radius 3 is 2.52 bits per heavy atom. The van der Waals surface area contributed by atoms with E-state index in [1.54, 1.807) is 42.2 Å². The van der Waals surface area contributed by atoms with Crippen molar-refractivity contribution in [3.63, 3.8) is 0 Å². The number of carbonyl (C=O) groups excluding carboxylic acids is 1. The van der Waals surface area contributed by atoms with E-state index in [0.717, 1.165) is 12.0 Å². The fraction of sp³-hybridized carbons (Fsp3) is 0.381. The minimum Gasteiger partial charge on any atom is -0.379 e. The highest BCUT2D eigenvalue weighted by Gasteiger charge is 2.23. The lowest BCUT2D eigenvalue weighted by Gasteiger charge is -2.28. The number of hydrogen-bond donors (Lipinski definition) is 0. The summed E-state index contributed by atoms with van der Waals surface area (Å²) in [5.74, 6) is 0.0256. The molecule has 0 aromatic heterocycles. The lowest BCUT2D eigenvalue weighted by molar-refractivity contribution is -0.138. The Hall–Kier alpha value is -2.09. The van der Waals surface area contributed by atoms with E-state index in [4.69, 9.17) is 20.5 Å². The van der Waals surface area contributed by atoms with E-state index >= 15 is 0 Å². The van der Waals surface area contributed by atoms with E-state index in [2.05, 4.69) is 0 Å². The lowest BCUT2D eigenvalue weighted by Crippen LogP contribution is -2.39. The Bertz CT molecular complexity index is 941. The zero-order valence-electron chi connectivity index (χ0n) is 17.0. The molecule has 2 aromatic carbocycles. The molecule has 0 heterocycles. The second kappa shape index (κ2) is 10.1. The van der Waals surface area contributed by atoms with Crippen molar-refractivity contribution in [3.8, 4) is 5.75 Å². The van der Waals surface area contributed by atoms with E-state index in [1.807, 2.05) is 19.9 Å². The summed E-state index contributed by atoms with van der Waals surface area (Å²) in [6.45, 7) is 5.92. The first-order chi connectivity index (χ1) is 13.7. The molecule has 1 atom stereocenters. The van der Waals surface area contributed by atoms with Crippen molar-refractivity contribution >= 4 is 27.6 Å². The van der Waals surface area contributed by atoms with Gasteiger partial charge in [0.1, 0.15) is 17.3 Å². The van der Waals surface area contributed by atoms with E-state index in [9.17, 15) is 13.2 Å². The van der Waals surface area contributed by atoms with E-state index in [0.29, 0.717) is 12.1 Å². The van der Waals surface area contributed by atoms with Crippen LogP contribution in [-0.2, 0) is 26.2 Å². The first kappa shape index (κ1) is 23.2. The van der Waals surface area contributed by atoms with Crippen molar-refractivity contribution in [2.45, 2.75) is 44.7 Å². The van der Waals surface area contributed by atoms with Gasteiger partial charge in [0.15, 0.2) is 0 Å². The maximum absolute atomic E-state index is 12.7. The summed E-state index contributed by atoms with van der Waals surface area (Å²) >= 11 is 6.08. The van der Waals surface area contributed by atoms with E-state index in [-0.39, 0.29) is 34.2 Å². The molecule has 6 nitrogen and oxygen atoms in total. The Kier molecular flexibility index (Phi) is 8.07. The van der Waals surface area contributed by atoms with Gasteiger partial charge in [0, 0.05) is 19.7 Å². The second-order valence-corrected chi connectivity index (χ2v) is 8.67. The zero-order valence-corrected chi connectivity index (χ0v) is 18.6. The van der Waals surface area contributed by atoms with E-state index < -0.39 is 10.1 Å². The smallest absolute Gasteiger partial charge is 0.340 e. The van der Waals surface area contributed by atoms with Gasteiger partial charge in [-0.3, -0.25) is 4.79 Å². The molecule has 0 saturated heterocycles. The minimum absolute atomic E-state index is 0.0109. The number of hydrogen-bond acceptors (Lipinski definition) is 5. The lowest BCUT2D eigenvalue weighted by atomic mass is 10.1. The molecule has 1 amide bonds. The van der Waals surface area contributed by atoms with Crippen LogP contribution >= 0.6 is 11.6 Å². The average Bonchev–Trinajstić information content (AvgIpc) is 2.65. The molecule has 2 aromatic rings. The topological polar surface area (TPSA) is 72.9 Å².